The van der Waals surface area contributed by atoms with Crippen LogP contribution in [-0.2, 0) is 9.59 Å². The van der Waals surface area contributed by atoms with Crippen LogP contribution in [0.2, 0.25) is 0 Å². The fourth-order valence-electron chi connectivity index (χ4n) is 4.02. The summed E-state index contributed by atoms with van der Waals surface area (Å²) in [5.41, 5.74) is 0. The van der Waals surface area contributed by atoms with Crippen molar-refractivity contribution in [1.82, 2.24) is 10.2 Å². The van der Waals surface area contributed by atoms with Gasteiger partial charge in [0.05, 0.1) is 0 Å². The van der Waals surface area contributed by atoms with E-state index in [0.717, 1.165) is 25.7 Å². The number of nitrogens with zero attached hydrogens (tertiary/aromatic N) is 1. The number of piperazine rings is 1. The first-order valence-electron chi connectivity index (χ1n) is 8.76. The normalized spacial score (nSPS) is 28.1. The summed E-state index contributed by atoms with van der Waals surface area (Å²) in [6, 6.07) is -0.354. The molecule has 1 heterocycles. The summed E-state index contributed by atoms with van der Waals surface area (Å²) in [7, 11) is 0. The van der Waals surface area contributed by atoms with Crippen LogP contribution in [0.1, 0.15) is 72.1 Å². The highest BCUT2D eigenvalue weighted by molar-refractivity contribution is 5.97. The fourth-order valence-corrected chi connectivity index (χ4v) is 4.02. The third kappa shape index (κ3) is 3.24. The molecule has 21 heavy (non-hydrogen) atoms. The highest BCUT2D eigenvalue weighted by Crippen LogP contribution is 2.33. The molecule has 1 N–H and O–H groups in total. The van der Waals surface area contributed by atoms with Gasteiger partial charge >= 0.3 is 0 Å². The highest BCUT2D eigenvalue weighted by atomic mass is 16.2. The Kier molecular flexibility index (Phi) is 5.65. The molecule has 2 fully saturated rings. The molecule has 2 unspecified atom stereocenters. The number of rotatable bonds is 5. The number of hydrogen-bond donors (Lipinski definition) is 1. The van der Waals surface area contributed by atoms with E-state index < -0.39 is 0 Å². The van der Waals surface area contributed by atoms with E-state index in [-0.39, 0.29) is 29.9 Å². The van der Waals surface area contributed by atoms with Crippen molar-refractivity contribution in [2.45, 2.75) is 90.3 Å². The Morgan fingerprint density at radius 2 is 1.71 bits per heavy atom. The summed E-state index contributed by atoms with van der Waals surface area (Å²) in [5.74, 6) is 0.572. The molecule has 1 aliphatic heterocycles. The molecule has 4 heteroatoms. The molecule has 2 amide bonds. The molecule has 2 rings (SSSR count). The van der Waals surface area contributed by atoms with E-state index >= 15 is 0 Å². The van der Waals surface area contributed by atoms with Crippen molar-refractivity contribution in [2.24, 2.45) is 5.92 Å². The van der Waals surface area contributed by atoms with Crippen LogP contribution >= 0.6 is 0 Å². The fraction of sp³-hybridized carbons (Fsp3) is 0.882. The third-order valence-corrected chi connectivity index (χ3v) is 5.28. The molecule has 0 bridgehead atoms. The van der Waals surface area contributed by atoms with E-state index in [1.807, 2.05) is 11.8 Å². The van der Waals surface area contributed by atoms with Gasteiger partial charge in [-0.05, 0) is 38.0 Å². The maximum atomic E-state index is 12.8. The minimum Gasteiger partial charge on any atom is -0.343 e. The lowest BCUT2D eigenvalue weighted by atomic mass is 9.80. The molecule has 1 saturated carbocycles. The van der Waals surface area contributed by atoms with Gasteiger partial charge in [-0.2, -0.15) is 0 Å². The predicted molar refractivity (Wildman–Crippen MR) is 83.8 cm³/mol. The van der Waals surface area contributed by atoms with Crippen molar-refractivity contribution in [1.29, 1.82) is 0 Å². The number of nitrogens with one attached hydrogen (secondary N) is 1. The molecule has 0 aromatic carbocycles. The summed E-state index contributed by atoms with van der Waals surface area (Å²) in [5, 5.41) is 2.97. The minimum atomic E-state index is -0.321. The maximum absolute atomic E-state index is 12.8. The van der Waals surface area contributed by atoms with Crippen LogP contribution in [0.25, 0.3) is 0 Å². The summed E-state index contributed by atoms with van der Waals surface area (Å²) in [6.45, 7) is 6.20. The van der Waals surface area contributed by atoms with Gasteiger partial charge in [-0.3, -0.25) is 9.59 Å². The predicted octanol–water partition coefficient (Wildman–Crippen LogP) is 2.86. The van der Waals surface area contributed by atoms with Gasteiger partial charge in [-0.15, -0.1) is 0 Å². The molecular formula is C17H30N2O2. The van der Waals surface area contributed by atoms with Gasteiger partial charge in [0, 0.05) is 6.04 Å². The first-order chi connectivity index (χ1) is 10.1. The Labute approximate surface area is 128 Å². The average molecular weight is 294 g/mol. The topological polar surface area (TPSA) is 49.4 Å². The second kappa shape index (κ2) is 7.28. The van der Waals surface area contributed by atoms with E-state index in [2.05, 4.69) is 19.2 Å². The molecule has 0 radical (unpaired) electrons. The van der Waals surface area contributed by atoms with Crippen molar-refractivity contribution < 1.29 is 9.59 Å². The minimum absolute atomic E-state index is 0.0836. The van der Waals surface area contributed by atoms with Crippen LogP contribution in [0.15, 0.2) is 0 Å². The van der Waals surface area contributed by atoms with Gasteiger partial charge in [0.2, 0.25) is 11.8 Å². The van der Waals surface area contributed by atoms with E-state index in [0.29, 0.717) is 12.3 Å². The smallest absolute Gasteiger partial charge is 0.246 e. The molecule has 4 nitrogen and oxygen atoms in total. The quantitative estimate of drug-likeness (QED) is 0.847. The van der Waals surface area contributed by atoms with Crippen LogP contribution in [0.4, 0.5) is 0 Å². The molecule has 0 spiro atoms. The lowest BCUT2D eigenvalue weighted by Gasteiger charge is -2.46. The Morgan fingerprint density at radius 1 is 1.10 bits per heavy atom. The molecule has 0 aromatic heterocycles. The molecule has 1 saturated heterocycles. The maximum Gasteiger partial charge on any atom is 0.246 e. The summed E-state index contributed by atoms with van der Waals surface area (Å²) < 4.78 is 0. The largest absolute Gasteiger partial charge is 0.343 e. The van der Waals surface area contributed by atoms with Crippen LogP contribution < -0.4 is 5.32 Å². The average Bonchev–Trinajstić information content (AvgIpc) is 2.52. The highest BCUT2D eigenvalue weighted by Gasteiger charge is 2.45. The van der Waals surface area contributed by atoms with Crippen LogP contribution in [0.3, 0.4) is 0 Å². The Morgan fingerprint density at radius 3 is 2.24 bits per heavy atom. The van der Waals surface area contributed by atoms with Gasteiger partial charge in [0.15, 0.2) is 0 Å². The molecule has 1 aliphatic carbocycles. The molecule has 2 aliphatic rings. The van der Waals surface area contributed by atoms with Crippen molar-refractivity contribution in [3.05, 3.63) is 0 Å². The van der Waals surface area contributed by atoms with E-state index in [1.54, 1.807) is 0 Å². The van der Waals surface area contributed by atoms with Crippen LogP contribution in [0.5, 0.6) is 0 Å². The zero-order chi connectivity index (χ0) is 15.4. The van der Waals surface area contributed by atoms with Crippen molar-refractivity contribution >= 4 is 11.8 Å². The monoisotopic (exact) mass is 294 g/mol. The van der Waals surface area contributed by atoms with Gasteiger partial charge in [0.25, 0.3) is 0 Å². The second-order valence-corrected chi connectivity index (χ2v) is 6.53. The zero-order valence-corrected chi connectivity index (χ0v) is 13.7. The lowest BCUT2D eigenvalue weighted by Crippen LogP contribution is -2.67. The Balaban J connectivity index is 2.28. The molecule has 0 aromatic rings. The number of carbonyl (C=O) groups excluding carboxylic acids is 2. The molecule has 2 atom stereocenters. The summed E-state index contributed by atoms with van der Waals surface area (Å²) >= 11 is 0. The number of carbonyl (C=O) groups is 2. The zero-order valence-electron chi connectivity index (χ0n) is 13.7. The van der Waals surface area contributed by atoms with Crippen LogP contribution in [0, 0.1) is 5.92 Å². The van der Waals surface area contributed by atoms with Crippen molar-refractivity contribution in [3.8, 4) is 0 Å². The van der Waals surface area contributed by atoms with Gasteiger partial charge in [-0.1, -0.05) is 40.0 Å². The summed E-state index contributed by atoms with van der Waals surface area (Å²) in [6.07, 6.45) is 8.34. The molecular weight excluding hydrogens is 264 g/mol. The van der Waals surface area contributed by atoms with Crippen LogP contribution in [-0.4, -0.2) is 34.8 Å². The van der Waals surface area contributed by atoms with E-state index in [4.69, 9.17) is 0 Å². The third-order valence-electron chi connectivity index (χ3n) is 5.28. The van der Waals surface area contributed by atoms with E-state index in [1.165, 1.54) is 19.3 Å². The number of amides is 2. The standard InChI is InChI=1S/C17H30N2O2/c1-4-13(5-2)19-15(12-10-8-7-9-11-12)16(20)18-14(6-3)17(19)21/h12-15H,4-11H2,1-3H3,(H,18,20). The summed E-state index contributed by atoms with van der Waals surface area (Å²) in [4.78, 5) is 27.4. The van der Waals surface area contributed by atoms with Crippen molar-refractivity contribution in [3.63, 3.8) is 0 Å². The van der Waals surface area contributed by atoms with Gasteiger partial charge in [0.1, 0.15) is 12.1 Å². The Hall–Kier alpha value is -1.06. The van der Waals surface area contributed by atoms with E-state index in [9.17, 15) is 9.59 Å². The number of hydrogen-bond acceptors (Lipinski definition) is 2. The first-order valence-corrected chi connectivity index (χ1v) is 8.76. The second-order valence-electron chi connectivity index (χ2n) is 6.53. The first kappa shape index (κ1) is 16.3. The van der Waals surface area contributed by atoms with Gasteiger partial charge in [-0.25, -0.2) is 0 Å². The van der Waals surface area contributed by atoms with Gasteiger partial charge < -0.3 is 10.2 Å². The molecule has 120 valence electrons. The van der Waals surface area contributed by atoms with Crippen molar-refractivity contribution in [2.75, 3.05) is 0 Å². The Bertz CT molecular complexity index is 373. The lowest BCUT2D eigenvalue weighted by molar-refractivity contribution is -0.155. The SMILES string of the molecule is CCC1NC(=O)C(C2CCCCC2)N(C(CC)CC)C1=O.